The normalized spacial score (nSPS) is 16.4. The lowest BCUT2D eigenvalue weighted by Gasteiger charge is -2.29. The van der Waals surface area contributed by atoms with Crippen LogP contribution in [0.3, 0.4) is 0 Å². The summed E-state index contributed by atoms with van der Waals surface area (Å²) < 4.78 is 0. The Balaban J connectivity index is 2.04. The molecule has 0 atom stereocenters. The summed E-state index contributed by atoms with van der Waals surface area (Å²) in [6.45, 7) is 4.09. The SMILES string of the molecule is O=c1[nH]ccc2cc(N3CCNCC3)ccc12. The quantitative estimate of drug-likeness (QED) is 0.765. The molecule has 0 saturated carbocycles. The summed E-state index contributed by atoms with van der Waals surface area (Å²) in [5.74, 6) is 0. The Kier molecular flexibility index (Phi) is 2.57. The van der Waals surface area contributed by atoms with Crippen molar-refractivity contribution in [1.29, 1.82) is 0 Å². The van der Waals surface area contributed by atoms with Crippen molar-refractivity contribution in [2.24, 2.45) is 0 Å². The molecule has 4 nitrogen and oxygen atoms in total. The van der Waals surface area contributed by atoms with E-state index in [9.17, 15) is 4.79 Å². The molecule has 4 heteroatoms. The van der Waals surface area contributed by atoms with Gasteiger partial charge in [-0.2, -0.15) is 0 Å². The number of benzene rings is 1. The lowest BCUT2D eigenvalue weighted by atomic mass is 10.1. The van der Waals surface area contributed by atoms with Crippen LogP contribution in [0, 0.1) is 0 Å². The molecule has 0 unspecified atom stereocenters. The largest absolute Gasteiger partial charge is 0.369 e. The van der Waals surface area contributed by atoms with Gasteiger partial charge in [0.05, 0.1) is 0 Å². The van der Waals surface area contributed by atoms with Crippen molar-refractivity contribution in [3.05, 3.63) is 40.8 Å². The maximum Gasteiger partial charge on any atom is 0.255 e. The lowest BCUT2D eigenvalue weighted by Crippen LogP contribution is -2.43. The predicted molar refractivity (Wildman–Crippen MR) is 69.7 cm³/mol. The zero-order chi connectivity index (χ0) is 11.7. The zero-order valence-electron chi connectivity index (χ0n) is 9.57. The second kappa shape index (κ2) is 4.22. The van der Waals surface area contributed by atoms with E-state index >= 15 is 0 Å². The third kappa shape index (κ3) is 1.91. The summed E-state index contributed by atoms with van der Waals surface area (Å²) >= 11 is 0. The van der Waals surface area contributed by atoms with Gasteiger partial charge in [0.1, 0.15) is 0 Å². The number of aromatic nitrogens is 1. The molecule has 1 fully saturated rings. The van der Waals surface area contributed by atoms with Gasteiger partial charge in [-0.25, -0.2) is 0 Å². The van der Waals surface area contributed by atoms with Crippen LogP contribution < -0.4 is 15.8 Å². The van der Waals surface area contributed by atoms with Gasteiger partial charge in [-0.3, -0.25) is 4.79 Å². The zero-order valence-corrected chi connectivity index (χ0v) is 9.57. The molecule has 0 bridgehead atoms. The number of anilines is 1. The Morgan fingerprint density at radius 3 is 2.76 bits per heavy atom. The molecule has 0 radical (unpaired) electrons. The van der Waals surface area contributed by atoms with E-state index in [4.69, 9.17) is 0 Å². The highest BCUT2D eigenvalue weighted by Gasteiger charge is 2.10. The van der Waals surface area contributed by atoms with E-state index in [1.807, 2.05) is 18.2 Å². The number of fused-ring (bicyclic) bond motifs is 1. The molecular formula is C13H15N3O. The summed E-state index contributed by atoms with van der Waals surface area (Å²) in [5.41, 5.74) is 1.18. The van der Waals surface area contributed by atoms with Crippen LogP contribution in [0.5, 0.6) is 0 Å². The minimum atomic E-state index is -0.0191. The first-order chi connectivity index (χ1) is 8.34. The number of nitrogens with one attached hydrogen (secondary N) is 2. The van der Waals surface area contributed by atoms with Gasteiger partial charge in [-0.05, 0) is 29.7 Å². The van der Waals surface area contributed by atoms with Gasteiger partial charge in [0.25, 0.3) is 5.56 Å². The van der Waals surface area contributed by atoms with Crippen LogP contribution in [0.25, 0.3) is 10.8 Å². The molecule has 0 amide bonds. The van der Waals surface area contributed by atoms with Crippen LogP contribution in [0.2, 0.25) is 0 Å². The minimum Gasteiger partial charge on any atom is -0.369 e. The molecule has 2 heterocycles. The van der Waals surface area contributed by atoms with E-state index in [2.05, 4.69) is 21.3 Å². The number of aromatic amines is 1. The summed E-state index contributed by atoms with van der Waals surface area (Å²) in [7, 11) is 0. The standard InChI is InChI=1S/C13H15N3O/c17-13-12-2-1-11(9-10(12)3-4-15-13)16-7-5-14-6-8-16/h1-4,9,14H,5-8H2,(H,15,17). The molecule has 1 aliphatic rings. The van der Waals surface area contributed by atoms with Gasteiger partial charge < -0.3 is 15.2 Å². The van der Waals surface area contributed by atoms with Crippen LogP contribution >= 0.6 is 0 Å². The fourth-order valence-corrected chi connectivity index (χ4v) is 2.30. The van der Waals surface area contributed by atoms with Gasteiger partial charge in [0.15, 0.2) is 0 Å². The number of rotatable bonds is 1. The first-order valence-electron chi connectivity index (χ1n) is 5.92. The van der Waals surface area contributed by atoms with Gasteiger partial charge >= 0.3 is 0 Å². The van der Waals surface area contributed by atoms with E-state index < -0.39 is 0 Å². The first-order valence-corrected chi connectivity index (χ1v) is 5.92. The highest BCUT2D eigenvalue weighted by Crippen LogP contribution is 2.20. The topological polar surface area (TPSA) is 48.1 Å². The minimum absolute atomic E-state index is 0.0191. The maximum atomic E-state index is 11.6. The highest BCUT2D eigenvalue weighted by atomic mass is 16.1. The fourth-order valence-electron chi connectivity index (χ4n) is 2.30. The molecule has 1 aliphatic heterocycles. The molecular weight excluding hydrogens is 214 g/mol. The summed E-state index contributed by atoms with van der Waals surface area (Å²) in [4.78, 5) is 16.6. The van der Waals surface area contributed by atoms with Gasteiger partial charge in [0.2, 0.25) is 0 Å². The lowest BCUT2D eigenvalue weighted by molar-refractivity contribution is 0.589. The number of hydrogen-bond donors (Lipinski definition) is 2. The van der Waals surface area contributed by atoms with Gasteiger partial charge in [-0.1, -0.05) is 0 Å². The second-order valence-corrected chi connectivity index (χ2v) is 4.32. The summed E-state index contributed by atoms with van der Waals surface area (Å²) in [6, 6.07) is 7.98. The number of H-pyrrole nitrogens is 1. The fraction of sp³-hybridized carbons (Fsp3) is 0.308. The monoisotopic (exact) mass is 229 g/mol. The summed E-state index contributed by atoms with van der Waals surface area (Å²) in [6.07, 6.45) is 1.70. The average Bonchev–Trinajstić information content (AvgIpc) is 2.40. The second-order valence-electron chi connectivity index (χ2n) is 4.32. The molecule has 1 aromatic heterocycles. The van der Waals surface area contributed by atoms with E-state index in [-0.39, 0.29) is 5.56 Å². The molecule has 2 aromatic rings. The number of pyridine rings is 1. The van der Waals surface area contributed by atoms with E-state index in [0.717, 1.165) is 37.0 Å². The molecule has 2 N–H and O–H groups in total. The highest BCUT2D eigenvalue weighted by molar-refractivity contribution is 5.84. The van der Waals surface area contributed by atoms with E-state index in [1.165, 1.54) is 5.69 Å². The smallest absolute Gasteiger partial charge is 0.255 e. The molecule has 17 heavy (non-hydrogen) atoms. The van der Waals surface area contributed by atoms with Crippen molar-refractivity contribution in [3.8, 4) is 0 Å². The third-order valence-corrected chi connectivity index (χ3v) is 3.24. The van der Waals surface area contributed by atoms with Gasteiger partial charge in [0, 0.05) is 43.4 Å². The van der Waals surface area contributed by atoms with Crippen LogP contribution in [0.4, 0.5) is 5.69 Å². The Morgan fingerprint density at radius 1 is 1.12 bits per heavy atom. The maximum absolute atomic E-state index is 11.6. The average molecular weight is 229 g/mol. The van der Waals surface area contributed by atoms with Crippen LogP contribution in [-0.2, 0) is 0 Å². The van der Waals surface area contributed by atoms with E-state index in [0.29, 0.717) is 0 Å². The Morgan fingerprint density at radius 2 is 1.94 bits per heavy atom. The third-order valence-electron chi connectivity index (χ3n) is 3.24. The van der Waals surface area contributed by atoms with E-state index in [1.54, 1.807) is 6.20 Å². The Hall–Kier alpha value is -1.81. The number of nitrogens with zero attached hydrogens (tertiary/aromatic N) is 1. The molecule has 88 valence electrons. The molecule has 0 spiro atoms. The van der Waals surface area contributed by atoms with Crippen molar-refractivity contribution in [2.45, 2.75) is 0 Å². The Bertz CT molecular complexity index is 584. The number of piperazine rings is 1. The molecule has 1 saturated heterocycles. The molecule has 1 aromatic carbocycles. The van der Waals surface area contributed by atoms with Crippen molar-refractivity contribution in [3.63, 3.8) is 0 Å². The summed E-state index contributed by atoms with van der Waals surface area (Å²) in [5, 5.41) is 5.09. The van der Waals surface area contributed by atoms with Crippen molar-refractivity contribution in [2.75, 3.05) is 31.1 Å². The Labute approximate surface area is 99.3 Å². The molecule has 0 aliphatic carbocycles. The van der Waals surface area contributed by atoms with Gasteiger partial charge in [-0.15, -0.1) is 0 Å². The molecule has 3 rings (SSSR count). The van der Waals surface area contributed by atoms with Crippen molar-refractivity contribution in [1.82, 2.24) is 10.3 Å². The van der Waals surface area contributed by atoms with Crippen LogP contribution in [0.15, 0.2) is 35.3 Å². The predicted octanol–water partition coefficient (Wildman–Crippen LogP) is 0.938. The van der Waals surface area contributed by atoms with Crippen LogP contribution in [0.1, 0.15) is 0 Å². The van der Waals surface area contributed by atoms with Crippen molar-refractivity contribution >= 4 is 16.5 Å². The first kappa shape index (κ1) is 10.4. The number of hydrogen-bond acceptors (Lipinski definition) is 3. The van der Waals surface area contributed by atoms with Crippen molar-refractivity contribution < 1.29 is 0 Å². The van der Waals surface area contributed by atoms with Crippen LogP contribution in [-0.4, -0.2) is 31.2 Å².